The molecule has 0 aliphatic rings. The first-order chi connectivity index (χ1) is 11.3. The monoisotopic (exact) mass is 384 g/mol. The summed E-state index contributed by atoms with van der Waals surface area (Å²) in [4.78, 5) is 4.51. The van der Waals surface area contributed by atoms with Gasteiger partial charge in [-0.05, 0) is 66.9 Å². The minimum Gasteiger partial charge on any atom is -0.323 e. The van der Waals surface area contributed by atoms with Gasteiger partial charge in [-0.15, -0.1) is 0 Å². The Morgan fingerprint density at radius 2 is 1.67 bits per heavy atom. The van der Waals surface area contributed by atoms with Gasteiger partial charge in [0.15, 0.2) is 5.82 Å². The van der Waals surface area contributed by atoms with E-state index in [0.717, 1.165) is 33.1 Å². The van der Waals surface area contributed by atoms with E-state index in [9.17, 15) is 0 Å². The van der Waals surface area contributed by atoms with Crippen molar-refractivity contribution in [1.82, 2.24) is 14.8 Å². The molecule has 2 heterocycles. The number of nitrogens with one attached hydrogen (secondary N) is 1. The molecule has 0 aliphatic heterocycles. The summed E-state index contributed by atoms with van der Waals surface area (Å²) in [7, 11) is 0. The summed E-state index contributed by atoms with van der Waals surface area (Å²) in [5.74, 6) is 1.56. The number of rotatable bonds is 3. The highest BCUT2D eigenvalue weighted by molar-refractivity contribution is 9.10. The van der Waals surface area contributed by atoms with E-state index >= 15 is 0 Å². The van der Waals surface area contributed by atoms with Crippen LogP contribution in [0, 0.1) is 6.92 Å². The lowest BCUT2D eigenvalue weighted by Gasteiger charge is -2.21. The summed E-state index contributed by atoms with van der Waals surface area (Å²) >= 11 is 3.50. The zero-order chi connectivity index (χ0) is 17.3. The number of nitrogens with zero attached hydrogens (tertiary/aromatic N) is 3. The van der Waals surface area contributed by atoms with Crippen LogP contribution in [0.5, 0.6) is 0 Å². The Labute approximate surface area is 151 Å². The third-order valence-electron chi connectivity index (χ3n) is 3.68. The third-order valence-corrected chi connectivity index (χ3v) is 4.09. The second kappa shape index (κ2) is 6.40. The lowest BCUT2D eigenvalue weighted by Crippen LogP contribution is -2.24. The minimum absolute atomic E-state index is 0.0517. The van der Waals surface area contributed by atoms with Crippen LogP contribution in [-0.2, 0) is 5.54 Å². The van der Waals surface area contributed by atoms with Gasteiger partial charge < -0.3 is 5.32 Å². The van der Waals surface area contributed by atoms with E-state index in [1.54, 1.807) is 0 Å². The molecule has 1 aromatic carbocycles. The van der Waals surface area contributed by atoms with Crippen LogP contribution >= 0.6 is 15.9 Å². The Kier molecular flexibility index (Phi) is 4.45. The maximum Gasteiger partial charge on any atom is 0.153 e. The molecule has 0 amide bonds. The van der Waals surface area contributed by atoms with Crippen LogP contribution in [0.1, 0.15) is 26.5 Å². The molecule has 0 saturated carbocycles. The Balaban J connectivity index is 1.93. The zero-order valence-electron chi connectivity index (χ0n) is 14.3. The Hall–Kier alpha value is -2.14. The third kappa shape index (κ3) is 3.67. The van der Waals surface area contributed by atoms with Crippen molar-refractivity contribution in [1.29, 1.82) is 0 Å². The standard InChI is InChI=1S/C19H21BrN4/c1-13-10-18(23-24(13)19(2,3)4)22-17-12-15(11-16(20)21-17)14-8-6-5-7-9-14/h5-12H,1-4H3,(H,21,22,23). The van der Waals surface area contributed by atoms with E-state index in [4.69, 9.17) is 0 Å². The van der Waals surface area contributed by atoms with Crippen LogP contribution in [0.2, 0.25) is 0 Å². The second-order valence-corrected chi connectivity index (χ2v) is 7.62. The summed E-state index contributed by atoms with van der Waals surface area (Å²) in [6.45, 7) is 8.48. The van der Waals surface area contributed by atoms with Crippen molar-refractivity contribution in [2.45, 2.75) is 33.2 Å². The smallest absolute Gasteiger partial charge is 0.153 e. The molecule has 1 N–H and O–H groups in total. The van der Waals surface area contributed by atoms with Gasteiger partial charge in [-0.1, -0.05) is 30.3 Å². The molecule has 0 bridgehead atoms. The normalized spacial score (nSPS) is 11.5. The van der Waals surface area contributed by atoms with Gasteiger partial charge in [0.05, 0.1) is 5.54 Å². The molecular formula is C19H21BrN4. The number of aromatic nitrogens is 3. The van der Waals surface area contributed by atoms with Crippen molar-refractivity contribution >= 4 is 27.6 Å². The first kappa shape index (κ1) is 16.7. The average molecular weight is 385 g/mol. The number of benzene rings is 1. The van der Waals surface area contributed by atoms with E-state index < -0.39 is 0 Å². The average Bonchev–Trinajstić information content (AvgIpc) is 2.88. The number of hydrogen-bond donors (Lipinski definition) is 1. The number of halogens is 1. The number of aryl methyl sites for hydroxylation is 1. The zero-order valence-corrected chi connectivity index (χ0v) is 15.9. The summed E-state index contributed by atoms with van der Waals surface area (Å²) < 4.78 is 2.81. The van der Waals surface area contributed by atoms with Crippen molar-refractivity contribution in [3.8, 4) is 11.1 Å². The molecule has 3 aromatic rings. The number of hydrogen-bond acceptors (Lipinski definition) is 3. The van der Waals surface area contributed by atoms with Crippen LogP contribution in [-0.4, -0.2) is 14.8 Å². The molecule has 0 atom stereocenters. The highest BCUT2D eigenvalue weighted by Gasteiger charge is 2.17. The minimum atomic E-state index is -0.0517. The molecule has 4 nitrogen and oxygen atoms in total. The number of anilines is 2. The van der Waals surface area contributed by atoms with Crippen LogP contribution in [0.15, 0.2) is 53.1 Å². The molecule has 3 rings (SSSR count). The molecule has 0 aliphatic carbocycles. The van der Waals surface area contributed by atoms with Gasteiger partial charge in [0.25, 0.3) is 0 Å². The van der Waals surface area contributed by atoms with Crippen LogP contribution in [0.25, 0.3) is 11.1 Å². The Morgan fingerprint density at radius 3 is 2.29 bits per heavy atom. The van der Waals surface area contributed by atoms with Crippen molar-refractivity contribution < 1.29 is 0 Å². The fraction of sp³-hybridized carbons (Fsp3) is 0.263. The predicted molar refractivity (Wildman–Crippen MR) is 103 cm³/mol. The molecule has 0 fully saturated rings. The van der Waals surface area contributed by atoms with Gasteiger partial charge in [-0.3, -0.25) is 4.68 Å². The van der Waals surface area contributed by atoms with E-state index in [2.05, 4.69) is 71.2 Å². The highest BCUT2D eigenvalue weighted by Crippen LogP contribution is 2.27. The van der Waals surface area contributed by atoms with Gasteiger partial charge in [0.1, 0.15) is 10.4 Å². The van der Waals surface area contributed by atoms with E-state index in [1.165, 1.54) is 0 Å². The predicted octanol–water partition coefficient (Wildman–Crippen LogP) is 5.51. The maximum absolute atomic E-state index is 4.66. The molecule has 5 heteroatoms. The topological polar surface area (TPSA) is 42.7 Å². The van der Waals surface area contributed by atoms with Crippen LogP contribution in [0.3, 0.4) is 0 Å². The maximum atomic E-state index is 4.66. The van der Waals surface area contributed by atoms with E-state index in [1.807, 2.05) is 41.1 Å². The molecule has 0 radical (unpaired) electrons. The second-order valence-electron chi connectivity index (χ2n) is 6.81. The van der Waals surface area contributed by atoms with Gasteiger partial charge in [-0.25, -0.2) is 4.98 Å². The summed E-state index contributed by atoms with van der Waals surface area (Å²) in [5, 5.41) is 7.97. The van der Waals surface area contributed by atoms with Crippen molar-refractivity contribution in [2.75, 3.05) is 5.32 Å². The lowest BCUT2D eigenvalue weighted by atomic mass is 10.1. The molecular weight excluding hydrogens is 364 g/mol. The fourth-order valence-corrected chi connectivity index (χ4v) is 3.14. The van der Waals surface area contributed by atoms with Crippen LogP contribution < -0.4 is 5.32 Å². The first-order valence-corrected chi connectivity index (χ1v) is 8.69. The molecule has 124 valence electrons. The van der Waals surface area contributed by atoms with Gasteiger partial charge >= 0.3 is 0 Å². The molecule has 0 saturated heterocycles. The van der Waals surface area contributed by atoms with Crippen molar-refractivity contribution in [3.63, 3.8) is 0 Å². The first-order valence-electron chi connectivity index (χ1n) is 7.90. The quantitative estimate of drug-likeness (QED) is 0.604. The molecule has 0 spiro atoms. The molecule has 24 heavy (non-hydrogen) atoms. The van der Waals surface area contributed by atoms with E-state index in [-0.39, 0.29) is 5.54 Å². The molecule has 2 aromatic heterocycles. The summed E-state index contributed by atoms with van der Waals surface area (Å²) in [6, 6.07) is 16.3. The fourth-order valence-electron chi connectivity index (χ4n) is 2.70. The van der Waals surface area contributed by atoms with Gasteiger partial charge in [0.2, 0.25) is 0 Å². The molecule has 0 unspecified atom stereocenters. The number of pyridine rings is 1. The van der Waals surface area contributed by atoms with Crippen molar-refractivity contribution in [2.24, 2.45) is 0 Å². The van der Waals surface area contributed by atoms with Gasteiger partial charge in [-0.2, -0.15) is 5.10 Å². The van der Waals surface area contributed by atoms with Crippen molar-refractivity contribution in [3.05, 3.63) is 58.8 Å². The van der Waals surface area contributed by atoms with Gasteiger partial charge in [0, 0.05) is 11.8 Å². The summed E-state index contributed by atoms with van der Waals surface area (Å²) in [5.41, 5.74) is 3.32. The SMILES string of the molecule is Cc1cc(Nc2cc(-c3ccccc3)cc(Br)n2)nn1C(C)(C)C. The Morgan fingerprint density at radius 1 is 0.958 bits per heavy atom. The van der Waals surface area contributed by atoms with Crippen LogP contribution in [0.4, 0.5) is 11.6 Å². The van der Waals surface area contributed by atoms with E-state index in [0.29, 0.717) is 0 Å². The lowest BCUT2D eigenvalue weighted by molar-refractivity contribution is 0.349. The highest BCUT2D eigenvalue weighted by atomic mass is 79.9. The Bertz CT molecular complexity index is 848. The largest absolute Gasteiger partial charge is 0.323 e. The summed E-state index contributed by atoms with van der Waals surface area (Å²) in [6.07, 6.45) is 0.